The molecule has 5 nitrogen and oxygen atoms in total. The van der Waals surface area contributed by atoms with Crippen molar-refractivity contribution in [2.24, 2.45) is 0 Å². The molecule has 0 bridgehead atoms. The number of thiophene rings is 1. The summed E-state index contributed by atoms with van der Waals surface area (Å²) in [5.41, 5.74) is 2.93. The fourth-order valence-electron chi connectivity index (χ4n) is 4.11. The van der Waals surface area contributed by atoms with Crippen LogP contribution in [0.25, 0.3) is 21.6 Å². The third-order valence-electron chi connectivity index (χ3n) is 5.77. The topological polar surface area (TPSA) is 61.2 Å². The van der Waals surface area contributed by atoms with Crippen LogP contribution >= 0.6 is 11.3 Å². The first-order chi connectivity index (χ1) is 14.5. The average molecular weight is 425 g/mol. The van der Waals surface area contributed by atoms with Crippen LogP contribution in [0.3, 0.4) is 0 Å². The molecule has 1 aliphatic carbocycles. The Morgan fingerprint density at radius 3 is 2.87 bits per heavy atom. The lowest BCUT2D eigenvalue weighted by Crippen LogP contribution is -2.32. The number of ether oxygens (including phenoxy) is 1. The summed E-state index contributed by atoms with van der Waals surface area (Å²) in [6.45, 7) is 6.17. The van der Waals surface area contributed by atoms with Crippen molar-refractivity contribution in [1.29, 1.82) is 0 Å². The van der Waals surface area contributed by atoms with Gasteiger partial charge in [-0.1, -0.05) is 37.1 Å². The highest BCUT2D eigenvalue weighted by molar-refractivity contribution is 7.18. The van der Waals surface area contributed by atoms with E-state index in [0.717, 1.165) is 60.0 Å². The van der Waals surface area contributed by atoms with E-state index in [-0.39, 0.29) is 11.5 Å². The Morgan fingerprint density at radius 2 is 2.10 bits per heavy atom. The number of carbonyl (C=O) groups excluding carboxylic acids is 1. The monoisotopic (exact) mass is 424 g/mol. The number of unbranched alkanes of at least 4 members (excludes halogenated alkanes) is 1. The van der Waals surface area contributed by atoms with Gasteiger partial charge in [0.25, 0.3) is 5.56 Å². The van der Waals surface area contributed by atoms with Crippen LogP contribution in [0.1, 0.15) is 61.6 Å². The minimum atomic E-state index is -0.735. The maximum absolute atomic E-state index is 13.7. The number of carbonyl (C=O) groups is 1. The number of aryl methyl sites for hydroxylation is 3. The lowest BCUT2D eigenvalue weighted by Gasteiger charge is -2.19. The predicted octanol–water partition coefficient (Wildman–Crippen LogP) is 5.22. The quantitative estimate of drug-likeness (QED) is 0.402. The fraction of sp³-hybridized carbons (Fsp3) is 0.458. The molecule has 0 N–H and O–H groups in total. The maximum Gasteiger partial charge on any atom is 0.329 e. The number of aromatic nitrogens is 2. The van der Waals surface area contributed by atoms with E-state index in [9.17, 15) is 9.59 Å². The zero-order chi connectivity index (χ0) is 21.3. The molecular weight excluding hydrogens is 396 g/mol. The standard InChI is InChI=1S/C24H28N2O3S/c1-4-5-13-29-24(28)16(3)26-21(17-10-8-9-15(2)14-17)25-22-20(23(26)27)18-11-6-7-12-19(18)30-22/h8-10,14,16H,4-7,11-13H2,1-3H3. The van der Waals surface area contributed by atoms with Gasteiger partial charge in [-0.15, -0.1) is 11.3 Å². The van der Waals surface area contributed by atoms with E-state index in [0.29, 0.717) is 17.8 Å². The van der Waals surface area contributed by atoms with E-state index in [1.807, 2.05) is 31.2 Å². The third-order valence-corrected chi connectivity index (χ3v) is 6.95. The van der Waals surface area contributed by atoms with Crippen LogP contribution in [0.4, 0.5) is 0 Å². The first-order valence-electron chi connectivity index (χ1n) is 10.8. The second-order valence-corrected chi connectivity index (χ2v) is 9.15. The number of esters is 1. The Balaban J connectivity index is 1.91. The zero-order valence-corrected chi connectivity index (χ0v) is 18.7. The van der Waals surface area contributed by atoms with E-state index in [4.69, 9.17) is 9.72 Å². The molecule has 2 heterocycles. The summed E-state index contributed by atoms with van der Waals surface area (Å²) in [7, 11) is 0. The van der Waals surface area contributed by atoms with E-state index in [1.54, 1.807) is 22.8 Å². The zero-order valence-electron chi connectivity index (χ0n) is 17.9. The van der Waals surface area contributed by atoms with Crippen LogP contribution in [-0.4, -0.2) is 22.1 Å². The second-order valence-electron chi connectivity index (χ2n) is 8.07. The number of hydrogen-bond acceptors (Lipinski definition) is 5. The lowest BCUT2D eigenvalue weighted by molar-refractivity contribution is -0.147. The molecule has 0 spiro atoms. The van der Waals surface area contributed by atoms with Crippen molar-refractivity contribution in [2.75, 3.05) is 6.61 Å². The van der Waals surface area contributed by atoms with Crippen LogP contribution in [0.15, 0.2) is 29.1 Å². The Bertz CT molecular complexity index is 1150. The van der Waals surface area contributed by atoms with Gasteiger partial charge in [0.2, 0.25) is 0 Å². The van der Waals surface area contributed by atoms with Crippen LogP contribution in [0, 0.1) is 6.92 Å². The summed E-state index contributed by atoms with van der Waals surface area (Å²) in [5.74, 6) is 0.152. The molecule has 0 amide bonds. The van der Waals surface area contributed by atoms with Gasteiger partial charge in [-0.2, -0.15) is 0 Å². The van der Waals surface area contributed by atoms with Gasteiger partial charge in [0.1, 0.15) is 16.7 Å². The molecule has 3 aromatic rings. The van der Waals surface area contributed by atoms with Crippen LogP contribution in [0.5, 0.6) is 0 Å². The Hall–Kier alpha value is -2.47. The maximum atomic E-state index is 13.7. The summed E-state index contributed by atoms with van der Waals surface area (Å²) >= 11 is 1.63. The molecule has 0 aliphatic heterocycles. The first kappa shape index (κ1) is 20.8. The highest BCUT2D eigenvalue weighted by atomic mass is 32.1. The van der Waals surface area contributed by atoms with E-state index < -0.39 is 6.04 Å². The molecule has 30 heavy (non-hydrogen) atoms. The fourth-order valence-corrected chi connectivity index (χ4v) is 5.36. The first-order valence-corrected chi connectivity index (χ1v) is 11.6. The Morgan fingerprint density at radius 1 is 1.30 bits per heavy atom. The molecule has 0 radical (unpaired) electrons. The molecule has 1 aliphatic rings. The van der Waals surface area contributed by atoms with E-state index >= 15 is 0 Å². The molecule has 0 saturated heterocycles. The predicted molar refractivity (Wildman–Crippen MR) is 121 cm³/mol. The van der Waals surface area contributed by atoms with Crippen molar-refractivity contribution in [3.63, 3.8) is 0 Å². The summed E-state index contributed by atoms with van der Waals surface area (Å²) in [5, 5.41) is 0.694. The van der Waals surface area contributed by atoms with Gasteiger partial charge < -0.3 is 4.74 Å². The molecule has 4 rings (SSSR count). The van der Waals surface area contributed by atoms with Gasteiger partial charge in [0, 0.05) is 10.4 Å². The molecule has 0 fully saturated rings. The highest BCUT2D eigenvalue weighted by Gasteiger charge is 2.27. The molecule has 158 valence electrons. The minimum Gasteiger partial charge on any atom is -0.464 e. The minimum absolute atomic E-state index is 0.129. The average Bonchev–Trinajstić information content (AvgIpc) is 3.12. The lowest BCUT2D eigenvalue weighted by atomic mass is 9.97. The van der Waals surface area contributed by atoms with Gasteiger partial charge in [-0.25, -0.2) is 9.78 Å². The van der Waals surface area contributed by atoms with E-state index in [1.165, 1.54) is 4.88 Å². The van der Waals surface area contributed by atoms with Crippen molar-refractivity contribution in [1.82, 2.24) is 9.55 Å². The SMILES string of the molecule is CCCCOC(=O)C(C)n1c(-c2cccc(C)c2)nc2sc3c(c2c1=O)CCCC3. The largest absolute Gasteiger partial charge is 0.464 e. The number of benzene rings is 1. The van der Waals surface area contributed by atoms with Crippen molar-refractivity contribution in [3.05, 3.63) is 50.6 Å². The molecule has 2 aromatic heterocycles. The highest BCUT2D eigenvalue weighted by Crippen LogP contribution is 2.35. The van der Waals surface area contributed by atoms with Crippen molar-refractivity contribution in [2.45, 2.75) is 65.3 Å². The molecule has 0 saturated carbocycles. The summed E-state index contributed by atoms with van der Waals surface area (Å²) < 4.78 is 7.00. The number of fused-ring (bicyclic) bond motifs is 3. The van der Waals surface area contributed by atoms with Crippen LogP contribution in [-0.2, 0) is 22.4 Å². The second kappa shape index (κ2) is 8.72. The molecule has 1 aromatic carbocycles. The van der Waals surface area contributed by atoms with E-state index in [2.05, 4.69) is 6.92 Å². The van der Waals surface area contributed by atoms with Gasteiger partial charge in [-0.05, 0) is 57.6 Å². The number of hydrogen-bond donors (Lipinski definition) is 0. The third kappa shape index (κ3) is 3.81. The Labute approximate surface area is 180 Å². The number of nitrogens with zero attached hydrogens (tertiary/aromatic N) is 2. The van der Waals surface area contributed by atoms with Gasteiger partial charge >= 0.3 is 5.97 Å². The summed E-state index contributed by atoms with van der Waals surface area (Å²) in [4.78, 5) is 33.5. The van der Waals surface area contributed by atoms with Crippen molar-refractivity contribution < 1.29 is 9.53 Å². The normalized spacial score (nSPS) is 14.5. The molecule has 1 unspecified atom stereocenters. The summed E-state index contributed by atoms with van der Waals surface area (Å²) in [6.07, 6.45) is 5.92. The van der Waals surface area contributed by atoms with Crippen molar-refractivity contribution >= 4 is 27.5 Å². The van der Waals surface area contributed by atoms with Crippen molar-refractivity contribution in [3.8, 4) is 11.4 Å². The Kier molecular flexibility index (Phi) is 6.04. The van der Waals surface area contributed by atoms with Gasteiger partial charge in [-0.3, -0.25) is 9.36 Å². The number of rotatable bonds is 6. The molecule has 1 atom stereocenters. The summed E-state index contributed by atoms with van der Waals surface area (Å²) in [6, 6.07) is 7.18. The smallest absolute Gasteiger partial charge is 0.329 e. The van der Waals surface area contributed by atoms with Crippen LogP contribution in [0.2, 0.25) is 0 Å². The molecular formula is C24H28N2O3S. The van der Waals surface area contributed by atoms with Crippen LogP contribution < -0.4 is 5.56 Å². The van der Waals surface area contributed by atoms with Gasteiger partial charge in [0.05, 0.1) is 12.0 Å². The van der Waals surface area contributed by atoms with Gasteiger partial charge in [0.15, 0.2) is 0 Å². The molecule has 6 heteroatoms.